The van der Waals surface area contributed by atoms with Gasteiger partial charge in [-0.25, -0.2) is 9.18 Å². The van der Waals surface area contributed by atoms with Crippen LogP contribution in [0.3, 0.4) is 0 Å². The van der Waals surface area contributed by atoms with Gasteiger partial charge >= 0.3 is 6.09 Å². The van der Waals surface area contributed by atoms with E-state index in [4.69, 9.17) is 10.5 Å². The first-order valence-electron chi connectivity index (χ1n) is 7.45. The van der Waals surface area contributed by atoms with E-state index in [1.54, 1.807) is 33.0 Å². The lowest BCUT2D eigenvalue weighted by Crippen LogP contribution is -2.29. The molecule has 0 bridgehead atoms. The molecule has 122 valence electrons. The highest BCUT2D eigenvalue weighted by molar-refractivity contribution is 5.87. The van der Waals surface area contributed by atoms with E-state index in [9.17, 15) is 9.18 Å². The number of hydrogen-bond donors (Lipinski definition) is 1. The van der Waals surface area contributed by atoms with Crippen molar-refractivity contribution in [2.75, 3.05) is 11.9 Å². The maximum atomic E-state index is 14.4. The maximum absolute atomic E-state index is 14.4. The van der Waals surface area contributed by atoms with Crippen LogP contribution in [0, 0.1) is 5.82 Å². The summed E-state index contributed by atoms with van der Waals surface area (Å²) in [6, 6.07) is 12.1. The largest absolute Gasteiger partial charge is 0.446 e. The van der Waals surface area contributed by atoms with Crippen molar-refractivity contribution >= 4 is 11.8 Å². The van der Waals surface area contributed by atoms with Crippen LogP contribution in [0.2, 0.25) is 0 Å². The van der Waals surface area contributed by atoms with Crippen LogP contribution in [0.25, 0.3) is 11.1 Å². The zero-order valence-corrected chi connectivity index (χ0v) is 13.5. The van der Waals surface area contributed by atoms with Gasteiger partial charge in [0.2, 0.25) is 0 Å². The molecule has 0 atom stereocenters. The summed E-state index contributed by atoms with van der Waals surface area (Å²) in [7, 11) is 1.55. The van der Waals surface area contributed by atoms with Crippen LogP contribution in [0.15, 0.2) is 42.5 Å². The molecule has 2 aromatic carbocycles. The Balaban J connectivity index is 2.24. The van der Waals surface area contributed by atoms with Crippen molar-refractivity contribution in [3.63, 3.8) is 0 Å². The number of benzene rings is 2. The molecular weight excluding hydrogens is 295 g/mol. The molecule has 0 saturated heterocycles. The van der Waals surface area contributed by atoms with E-state index in [2.05, 4.69) is 0 Å². The monoisotopic (exact) mass is 316 g/mol. The third kappa shape index (κ3) is 4.07. The van der Waals surface area contributed by atoms with Crippen LogP contribution >= 0.6 is 0 Å². The highest BCUT2D eigenvalue weighted by Gasteiger charge is 2.16. The molecule has 2 rings (SSSR count). The number of hydrogen-bond acceptors (Lipinski definition) is 3. The molecule has 0 aliphatic carbocycles. The van der Waals surface area contributed by atoms with Crippen LogP contribution in [0.4, 0.5) is 14.9 Å². The molecule has 2 aromatic rings. The zero-order chi connectivity index (χ0) is 17.0. The third-order valence-corrected chi connectivity index (χ3v) is 3.45. The van der Waals surface area contributed by atoms with Crippen LogP contribution < -0.4 is 10.6 Å². The number of nitrogens with two attached hydrogens (primary N) is 1. The van der Waals surface area contributed by atoms with Gasteiger partial charge in [0.1, 0.15) is 5.82 Å². The van der Waals surface area contributed by atoms with Crippen LogP contribution in [0.5, 0.6) is 0 Å². The summed E-state index contributed by atoms with van der Waals surface area (Å²) in [5.74, 6) is -0.396. The molecule has 2 N–H and O–H groups in total. The highest BCUT2D eigenvalue weighted by atomic mass is 19.1. The minimum atomic E-state index is -0.514. The summed E-state index contributed by atoms with van der Waals surface area (Å²) in [5, 5.41) is 0. The van der Waals surface area contributed by atoms with Gasteiger partial charge in [-0.3, -0.25) is 4.90 Å². The lowest BCUT2D eigenvalue weighted by molar-refractivity contribution is 0.124. The number of anilines is 1. The SMILES string of the molecule is CC(C)OC(=O)N(C)c1ccc(-c2ccc(CN)cc2)c(F)c1. The first-order chi connectivity index (χ1) is 10.9. The van der Waals surface area contributed by atoms with Crippen molar-refractivity contribution in [3.05, 3.63) is 53.8 Å². The third-order valence-electron chi connectivity index (χ3n) is 3.45. The second-order valence-electron chi connectivity index (χ2n) is 5.56. The fourth-order valence-electron chi connectivity index (χ4n) is 2.15. The Bertz CT molecular complexity index is 684. The number of nitrogens with zero attached hydrogens (tertiary/aromatic N) is 1. The van der Waals surface area contributed by atoms with E-state index >= 15 is 0 Å². The van der Waals surface area contributed by atoms with Crippen LogP contribution in [-0.4, -0.2) is 19.2 Å². The van der Waals surface area contributed by atoms with Gasteiger partial charge in [0.15, 0.2) is 0 Å². The number of rotatable bonds is 4. The lowest BCUT2D eigenvalue weighted by atomic mass is 10.0. The van der Waals surface area contributed by atoms with Gasteiger partial charge in [-0.05, 0) is 43.2 Å². The Hall–Kier alpha value is -2.40. The van der Waals surface area contributed by atoms with E-state index in [0.717, 1.165) is 11.1 Å². The molecule has 0 aliphatic rings. The second-order valence-corrected chi connectivity index (χ2v) is 5.56. The molecular formula is C18H21FN2O2. The van der Waals surface area contributed by atoms with Gasteiger partial charge < -0.3 is 10.5 Å². The molecule has 4 nitrogen and oxygen atoms in total. The van der Waals surface area contributed by atoms with E-state index in [0.29, 0.717) is 17.8 Å². The van der Waals surface area contributed by atoms with Gasteiger partial charge in [0, 0.05) is 24.8 Å². The molecule has 1 amide bonds. The quantitative estimate of drug-likeness (QED) is 0.929. The van der Waals surface area contributed by atoms with Crippen molar-refractivity contribution in [1.29, 1.82) is 0 Å². The second kappa shape index (κ2) is 7.24. The predicted molar refractivity (Wildman–Crippen MR) is 89.7 cm³/mol. The van der Waals surface area contributed by atoms with Gasteiger partial charge in [0.25, 0.3) is 0 Å². The molecule has 23 heavy (non-hydrogen) atoms. The number of carbonyl (C=O) groups excluding carboxylic acids is 1. The molecule has 0 aliphatic heterocycles. The van der Waals surface area contributed by atoms with Gasteiger partial charge in [-0.1, -0.05) is 24.3 Å². The van der Waals surface area contributed by atoms with Crippen molar-refractivity contribution in [1.82, 2.24) is 0 Å². The Morgan fingerprint density at radius 1 is 1.22 bits per heavy atom. The summed E-state index contributed by atoms with van der Waals surface area (Å²) < 4.78 is 19.5. The fourth-order valence-corrected chi connectivity index (χ4v) is 2.15. The Kier molecular flexibility index (Phi) is 5.34. The molecule has 0 radical (unpaired) electrons. The average Bonchev–Trinajstić information content (AvgIpc) is 2.53. The highest BCUT2D eigenvalue weighted by Crippen LogP contribution is 2.27. The van der Waals surface area contributed by atoms with Crippen LogP contribution in [-0.2, 0) is 11.3 Å². The maximum Gasteiger partial charge on any atom is 0.414 e. The summed E-state index contributed by atoms with van der Waals surface area (Å²) in [6.07, 6.45) is -0.741. The standard InChI is InChI=1S/C18H21FN2O2/c1-12(2)23-18(22)21(3)15-8-9-16(17(19)10-15)14-6-4-13(11-20)5-7-14/h4-10,12H,11,20H2,1-3H3. The van der Waals surface area contributed by atoms with E-state index < -0.39 is 11.9 Å². The van der Waals surface area contributed by atoms with E-state index in [1.165, 1.54) is 11.0 Å². The topological polar surface area (TPSA) is 55.6 Å². The average molecular weight is 316 g/mol. The minimum absolute atomic E-state index is 0.227. The normalized spacial score (nSPS) is 10.7. The van der Waals surface area contributed by atoms with E-state index in [1.807, 2.05) is 24.3 Å². The van der Waals surface area contributed by atoms with Crippen molar-refractivity contribution < 1.29 is 13.9 Å². The lowest BCUT2D eigenvalue weighted by Gasteiger charge is -2.19. The minimum Gasteiger partial charge on any atom is -0.446 e. The zero-order valence-electron chi connectivity index (χ0n) is 13.5. The van der Waals surface area contributed by atoms with Gasteiger partial charge in [0.05, 0.1) is 6.10 Å². The molecule has 0 aromatic heterocycles. The fraction of sp³-hybridized carbons (Fsp3) is 0.278. The predicted octanol–water partition coefficient (Wildman–Crippen LogP) is 3.93. The number of amides is 1. The Labute approximate surface area is 135 Å². The molecule has 5 heteroatoms. The molecule has 0 spiro atoms. The van der Waals surface area contributed by atoms with Gasteiger partial charge in [-0.2, -0.15) is 0 Å². The number of halogens is 1. The molecule has 0 fully saturated rings. The number of ether oxygens (including phenoxy) is 1. The summed E-state index contributed by atoms with van der Waals surface area (Å²) >= 11 is 0. The molecule has 0 heterocycles. The van der Waals surface area contributed by atoms with Crippen molar-refractivity contribution in [2.24, 2.45) is 5.73 Å². The summed E-state index contributed by atoms with van der Waals surface area (Å²) in [6.45, 7) is 3.98. The van der Waals surface area contributed by atoms with Crippen LogP contribution in [0.1, 0.15) is 19.4 Å². The van der Waals surface area contributed by atoms with Gasteiger partial charge in [-0.15, -0.1) is 0 Å². The molecule has 0 unspecified atom stereocenters. The Morgan fingerprint density at radius 3 is 2.39 bits per heavy atom. The summed E-state index contributed by atoms with van der Waals surface area (Å²) in [4.78, 5) is 13.1. The smallest absolute Gasteiger partial charge is 0.414 e. The Morgan fingerprint density at radius 2 is 1.87 bits per heavy atom. The first-order valence-corrected chi connectivity index (χ1v) is 7.45. The van der Waals surface area contributed by atoms with Crippen molar-refractivity contribution in [3.8, 4) is 11.1 Å². The summed E-state index contributed by atoms with van der Waals surface area (Å²) in [5.41, 5.74) is 8.23. The van der Waals surface area contributed by atoms with E-state index in [-0.39, 0.29) is 6.10 Å². The molecule has 0 saturated carbocycles. The van der Waals surface area contributed by atoms with Crippen molar-refractivity contribution in [2.45, 2.75) is 26.5 Å². The first kappa shape index (κ1) is 17.0. The number of carbonyl (C=O) groups is 1.